The standard InChI is InChI=1S/C16H14BrN3O3/c1-23-14-8-7-12(17)9-11(14)10-18-20-16(22)15(21)19-13-5-3-2-4-6-13/h2-10H,1H3,(H,19,21)(H,20,22)/b18-10+. The topological polar surface area (TPSA) is 79.8 Å². The molecular weight excluding hydrogens is 362 g/mol. The first-order valence-electron chi connectivity index (χ1n) is 6.63. The van der Waals surface area contributed by atoms with E-state index in [4.69, 9.17) is 4.74 Å². The van der Waals surface area contributed by atoms with Crippen molar-refractivity contribution in [1.82, 2.24) is 5.43 Å². The highest BCUT2D eigenvalue weighted by atomic mass is 79.9. The molecule has 0 spiro atoms. The lowest BCUT2D eigenvalue weighted by molar-refractivity contribution is -0.136. The molecule has 118 valence electrons. The summed E-state index contributed by atoms with van der Waals surface area (Å²) >= 11 is 3.34. The van der Waals surface area contributed by atoms with Crippen LogP contribution in [0.4, 0.5) is 5.69 Å². The van der Waals surface area contributed by atoms with Crippen LogP contribution in [-0.2, 0) is 9.59 Å². The molecule has 0 radical (unpaired) electrons. The van der Waals surface area contributed by atoms with E-state index < -0.39 is 11.8 Å². The van der Waals surface area contributed by atoms with Crippen molar-refractivity contribution in [2.75, 3.05) is 12.4 Å². The smallest absolute Gasteiger partial charge is 0.329 e. The van der Waals surface area contributed by atoms with Crippen molar-refractivity contribution in [2.24, 2.45) is 5.10 Å². The average Bonchev–Trinajstić information content (AvgIpc) is 2.56. The number of nitrogens with one attached hydrogen (secondary N) is 2. The molecule has 0 atom stereocenters. The maximum atomic E-state index is 11.7. The molecule has 0 aliphatic heterocycles. The van der Waals surface area contributed by atoms with Gasteiger partial charge in [-0.05, 0) is 30.3 Å². The first-order valence-corrected chi connectivity index (χ1v) is 7.42. The second-order valence-corrected chi connectivity index (χ2v) is 5.32. The second-order valence-electron chi connectivity index (χ2n) is 4.41. The zero-order chi connectivity index (χ0) is 16.7. The van der Waals surface area contributed by atoms with E-state index in [1.165, 1.54) is 13.3 Å². The fourth-order valence-electron chi connectivity index (χ4n) is 1.73. The summed E-state index contributed by atoms with van der Waals surface area (Å²) in [5.41, 5.74) is 3.36. The van der Waals surface area contributed by atoms with Gasteiger partial charge in [-0.3, -0.25) is 9.59 Å². The Morgan fingerprint density at radius 3 is 2.57 bits per heavy atom. The summed E-state index contributed by atoms with van der Waals surface area (Å²) in [4.78, 5) is 23.4. The van der Waals surface area contributed by atoms with Crippen molar-refractivity contribution in [3.63, 3.8) is 0 Å². The van der Waals surface area contributed by atoms with E-state index in [0.717, 1.165) is 4.47 Å². The van der Waals surface area contributed by atoms with Gasteiger partial charge in [-0.2, -0.15) is 5.10 Å². The minimum absolute atomic E-state index is 0.533. The van der Waals surface area contributed by atoms with Gasteiger partial charge in [0.15, 0.2) is 0 Å². The lowest BCUT2D eigenvalue weighted by Crippen LogP contribution is -2.32. The lowest BCUT2D eigenvalue weighted by atomic mass is 10.2. The Kier molecular flexibility index (Phi) is 5.87. The number of rotatable bonds is 4. The number of carbonyl (C=O) groups excluding carboxylic acids is 2. The van der Waals surface area contributed by atoms with E-state index in [0.29, 0.717) is 17.0 Å². The Morgan fingerprint density at radius 2 is 1.87 bits per heavy atom. The zero-order valence-corrected chi connectivity index (χ0v) is 13.8. The molecule has 0 bridgehead atoms. The summed E-state index contributed by atoms with van der Waals surface area (Å²) in [6.07, 6.45) is 1.40. The first-order chi connectivity index (χ1) is 11.1. The van der Waals surface area contributed by atoms with Gasteiger partial charge in [-0.1, -0.05) is 34.1 Å². The molecule has 0 heterocycles. The maximum absolute atomic E-state index is 11.7. The molecule has 0 fully saturated rings. The number of hydrazone groups is 1. The van der Waals surface area contributed by atoms with Crippen LogP contribution in [0.2, 0.25) is 0 Å². The number of ether oxygens (including phenoxy) is 1. The fourth-order valence-corrected chi connectivity index (χ4v) is 2.11. The molecule has 2 N–H and O–H groups in total. The molecule has 2 aromatic carbocycles. The zero-order valence-electron chi connectivity index (χ0n) is 12.2. The van der Waals surface area contributed by atoms with Gasteiger partial charge in [-0.15, -0.1) is 0 Å². The van der Waals surface area contributed by atoms with Crippen LogP contribution in [0.15, 0.2) is 58.1 Å². The van der Waals surface area contributed by atoms with Crippen molar-refractivity contribution in [3.8, 4) is 5.75 Å². The molecule has 2 amide bonds. The van der Waals surface area contributed by atoms with E-state index in [2.05, 4.69) is 31.8 Å². The number of methoxy groups -OCH3 is 1. The summed E-state index contributed by atoms with van der Waals surface area (Å²) in [6, 6.07) is 14.0. The van der Waals surface area contributed by atoms with Crippen LogP contribution in [0.25, 0.3) is 0 Å². The minimum Gasteiger partial charge on any atom is -0.496 e. The Hall–Kier alpha value is -2.67. The quantitative estimate of drug-likeness (QED) is 0.489. The highest BCUT2D eigenvalue weighted by molar-refractivity contribution is 9.10. The average molecular weight is 376 g/mol. The summed E-state index contributed by atoms with van der Waals surface area (Å²) in [5, 5.41) is 6.23. The van der Waals surface area contributed by atoms with Crippen LogP contribution in [0, 0.1) is 0 Å². The van der Waals surface area contributed by atoms with Crippen LogP contribution in [0.5, 0.6) is 5.75 Å². The number of carbonyl (C=O) groups is 2. The van der Waals surface area contributed by atoms with E-state index in [-0.39, 0.29) is 0 Å². The number of halogens is 1. The van der Waals surface area contributed by atoms with Gasteiger partial charge in [0.25, 0.3) is 0 Å². The summed E-state index contributed by atoms with van der Waals surface area (Å²) in [5.74, 6) is -1.06. The SMILES string of the molecule is COc1ccc(Br)cc1/C=N/NC(=O)C(=O)Nc1ccccc1. The largest absolute Gasteiger partial charge is 0.496 e. The molecular formula is C16H14BrN3O3. The molecule has 0 saturated carbocycles. The Balaban J connectivity index is 1.96. The van der Waals surface area contributed by atoms with Gasteiger partial charge < -0.3 is 10.1 Å². The molecule has 6 nitrogen and oxygen atoms in total. The summed E-state index contributed by atoms with van der Waals surface area (Å²) < 4.78 is 6.02. The number of hydrogen-bond donors (Lipinski definition) is 2. The molecule has 23 heavy (non-hydrogen) atoms. The third-order valence-electron chi connectivity index (χ3n) is 2.80. The van der Waals surface area contributed by atoms with Gasteiger partial charge in [0.05, 0.1) is 13.3 Å². The number of benzene rings is 2. The number of para-hydroxylation sites is 1. The highest BCUT2D eigenvalue weighted by Crippen LogP contribution is 2.21. The monoisotopic (exact) mass is 375 g/mol. The third kappa shape index (κ3) is 4.93. The van der Waals surface area contributed by atoms with Gasteiger partial charge in [0.1, 0.15) is 5.75 Å². The van der Waals surface area contributed by atoms with Gasteiger partial charge >= 0.3 is 11.8 Å². The van der Waals surface area contributed by atoms with Crippen molar-refractivity contribution >= 4 is 39.6 Å². The van der Waals surface area contributed by atoms with Gasteiger partial charge in [-0.25, -0.2) is 5.43 Å². The predicted molar refractivity (Wildman–Crippen MR) is 91.5 cm³/mol. The van der Waals surface area contributed by atoms with Gasteiger partial charge in [0, 0.05) is 15.7 Å². The van der Waals surface area contributed by atoms with E-state index >= 15 is 0 Å². The van der Waals surface area contributed by atoms with Crippen molar-refractivity contribution in [1.29, 1.82) is 0 Å². The van der Waals surface area contributed by atoms with Crippen molar-refractivity contribution in [2.45, 2.75) is 0 Å². The number of anilines is 1. The Labute approximate surface area is 141 Å². The van der Waals surface area contributed by atoms with Crippen LogP contribution < -0.4 is 15.5 Å². The molecule has 2 rings (SSSR count). The fraction of sp³-hybridized carbons (Fsp3) is 0.0625. The van der Waals surface area contributed by atoms with Crippen LogP contribution in [0.3, 0.4) is 0 Å². The molecule has 2 aromatic rings. The normalized spacial score (nSPS) is 10.3. The Bertz CT molecular complexity index is 733. The summed E-state index contributed by atoms with van der Waals surface area (Å²) in [7, 11) is 1.53. The number of amides is 2. The molecule has 0 aliphatic rings. The second kappa shape index (κ2) is 8.09. The molecule has 0 aromatic heterocycles. The van der Waals surface area contributed by atoms with Crippen molar-refractivity contribution < 1.29 is 14.3 Å². The van der Waals surface area contributed by atoms with Crippen LogP contribution in [-0.4, -0.2) is 25.1 Å². The van der Waals surface area contributed by atoms with Crippen molar-refractivity contribution in [3.05, 3.63) is 58.6 Å². The Morgan fingerprint density at radius 1 is 1.13 bits per heavy atom. The lowest BCUT2D eigenvalue weighted by Gasteiger charge is -2.05. The maximum Gasteiger partial charge on any atom is 0.329 e. The third-order valence-corrected chi connectivity index (χ3v) is 3.29. The van der Waals surface area contributed by atoms with E-state index in [1.807, 2.05) is 12.1 Å². The molecule has 0 aliphatic carbocycles. The van der Waals surface area contributed by atoms with Gasteiger partial charge in [0.2, 0.25) is 0 Å². The molecule has 0 unspecified atom stereocenters. The van der Waals surface area contributed by atoms with E-state index in [1.54, 1.807) is 36.4 Å². The number of nitrogens with zero attached hydrogens (tertiary/aromatic N) is 1. The number of hydrogen-bond acceptors (Lipinski definition) is 4. The first kappa shape index (κ1) is 16.7. The molecule has 7 heteroatoms. The predicted octanol–water partition coefficient (Wildman–Crippen LogP) is 2.55. The molecule has 0 saturated heterocycles. The van der Waals surface area contributed by atoms with Crippen LogP contribution in [0.1, 0.15) is 5.56 Å². The van der Waals surface area contributed by atoms with Crippen LogP contribution >= 0.6 is 15.9 Å². The summed E-state index contributed by atoms with van der Waals surface area (Å²) in [6.45, 7) is 0. The minimum atomic E-state index is -0.862. The van der Waals surface area contributed by atoms with E-state index in [9.17, 15) is 9.59 Å². The highest BCUT2D eigenvalue weighted by Gasteiger charge is 2.12.